The summed E-state index contributed by atoms with van der Waals surface area (Å²) in [6.07, 6.45) is 0. The van der Waals surface area contributed by atoms with Crippen LogP contribution in [-0.2, 0) is 0 Å². The van der Waals surface area contributed by atoms with E-state index in [1.54, 1.807) is 0 Å². The van der Waals surface area contributed by atoms with Crippen LogP contribution < -0.4 is 5.64 Å². The molecular weight excluding hydrogens is 63.7 g/mol. The van der Waals surface area contributed by atoms with Gasteiger partial charge in [-0.15, -0.1) is 0 Å². The number of rotatable bonds is 1. The van der Waals surface area contributed by atoms with Crippen LogP contribution in [0.4, 0.5) is 0 Å². The topological polar surface area (TPSA) is 26.0 Å². The highest BCUT2D eigenvalue weighted by Crippen LogP contribution is 1.17. The number of hydrogen-bond donors (Lipinski definition) is 1. The Hall–Kier alpha value is 0.307. The van der Waals surface area contributed by atoms with Gasteiger partial charge in [-0.25, -0.2) is 0 Å². The number of nitrogens with two attached hydrogens (primary N) is 1. The zero-order valence-corrected chi connectivity index (χ0v) is 4.41. The smallest absolute Gasteiger partial charge is 0.173 e. The van der Waals surface area contributed by atoms with Crippen molar-refractivity contribution in [1.29, 1.82) is 0 Å². The summed E-state index contributed by atoms with van der Waals surface area (Å²) in [4.78, 5) is 0. The molecule has 0 bridgehead atoms. The van der Waals surface area contributed by atoms with Gasteiger partial charge in [0.2, 0.25) is 0 Å². The maximum Gasteiger partial charge on any atom is 0.173 e. The third-order valence-corrected chi connectivity index (χ3v) is 0.866. The van der Waals surface area contributed by atoms with Gasteiger partial charge in [0.1, 0.15) is 0 Å². The summed E-state index contributed by atoms with van der Waals surface area (Å²) in [7, 11) is 3.35. The van der Waals surface area contributed by atoms with Crippen LogP contribution >= 0.6 is 0 Å². The van der Waals surface area contributed by atoms with Gasteiger partial charge in [0.15, 0.2) is 7.01 Å². The van der Waals surface area contributed by atoms with Crippen molar-refractivity contribution in [2.45, 2.75) is 0 Å². The monoisotopic (exact) mass is 71.1 g/mol. The van der Waals surface area contributed by atoms with E-state index in [0.717, 1.165) is 7.01 Å². The first-order valence-corrected chi connectivity index (χ1v) is 4.03. The van der Waals surface area contributed by atoms with Crippen LogP contribution in [-0.4, -0.2) is 23.7 Å². The highest BCUT2D eigenvalue weighted by molar-refractivity contribution is 7.22. The molecule has 0 aromatic heterocycles. The maximum absolute atomic E-state index is 5.09. The second kappa shape index (κ2) is 3.31. The minimum absolute atomic E-state index is 0.202. The van der Waals surface area contributed by atoms with Crippen LogP contribution in [0.25, 0.3) is 0 Å². The van der Waals surface area contributed by atoms with Gasteiger partial charge in [0.25, 0.3) is 0 Å². The van der Waals surface area contributed by atoms with E-state index in [2.05, 4.69) is 7.44 Å². The summed E-state index contributed by atoms with van der Waals surface area (Å²) in [5.41, 5.74) is 5.09. The Morgan fingerprint density at radius 3 is 2.25 bits per heavy atom. The highest BCUT2D eigenvalue weighted by Gasteiger charge is 1.64. The zero-order valence-electron chi connectivity index (χ0n) is 2.99. The quantitative estimate of drug-likeness (QED) is 0.326. The summed E-state index contributed by atoms with van der Waals surface area (Å²) < 4.78 is 0. The Kier molecular flexibility index (Phi) is 3.56. The van der Waals surface area contributed by atoms with Crippen LogP contribution in [0, 0.1) is 0 Å². The van der Waals surface area contributed by atoms with Gasteiger partial charge in [-0.05, 0) is 9.26 Å². The summed E-state index contributed by atoms with van der Waals surface area (Å²) in [5.74, 6) is 0. The average Bonchev–Trinajstić information content (AvgIpc) is 1.37. The lowest BCUT2D eigenvalue weighted by molar-refractivity contribution is 1.98. The Morgan fingerprint density at radius 1 is 2.00 bits per heavy atom. The molecule has 0 aromatic carbocycles. The summed E-state index contributed by atoms with van der Waals surface area (Å²) in [6.45, 7) is 0. The molecule has 0 unspecified atom stereocenters. The van der Waals surface area contributed by atoms with E-state index in [4.69, 9.17) is 5.64 Å². The van der Waals surface area contributed by atoms with E-state index in [1.807, 2.05) is 0 Å². The van der Waals surface area contributed by atoms with Crippen molar-refractivity contribution in [3.8, 4) is 0 Å². The molecule has 0 aromatic rings. The molecule has 4 heavy (non-hydrogen) atoms. The highest BCUT2D eigenvalue weighted by atomic mass is 28.2. The van der Waals surface area contributed by atoms with Gasteiger partial charge in [-0.1, -0.05) is 0 Å². The largest absolute Gasteiger partial charge is 0.376 e. The minimum Gasteiger partial charge on any atom is -0.376 e. The van der Waals surface area contributed by atoms with Gasteiger partial charge >= 0.3 is 0 Å². The minimum atomic E-state index is 0.202. The van der Waals surface area contributed by atoms with E-state index in [0.29, 0.717) is 0 Å². The lowest BCUT2D eigenvalue weighted by Gasteiger charge is -1.62. The molecule has 0 aliphatic rings. The van der Waals surface area contributed by atoms with Crippen LogP contribution in [0.15, 0.2) is 0 Å². The molecule has 22 valence electrons. The van der Waals surface area contributed by atoms with Crippen LogP contribution in [0.5, 0.6) is 0 Å². The lowest BCUT2D eigenvalue weighted by atomic mass is 10.5. The second-order valence-corrected chi connectivity index (χ2v) is 2.37. The van der Waals surface area contributed by atoms with E-state index in [1.165, 1.54) is 0 Å². The first-order valence-electron chi connectivity index (χ1n) is 1.62. The fourth-order valence-corrected chi connectivity index (χ4v) is 0. The molecule has 2 N–H and O–H groups in total. The first kappa shape index (κ1) is 4.31. The van der Waals surface area contributed by atoms with Crippen LogP contribution in [0.1, 0.15) is 0 Å². The summed E-state index contributed by atoms with van der Waals surface area (Å²) in [6, 6.07) is 0. The third-order valence-electron chi connectivity index (χ3n) is 0.289. The predicted molar refractivity (Wildman–Crippen MR) is 28.4 cm³/mol. The molecule has 0 saturated heterocycles. The van der Waals surface area contributed by atoms with Crippen molar-refractivity contribution in [3.05, 3.63) is 0 Å². The molecule has 0 heterocycles. The normalized spacial score (nSPS) is 9.25. The zero-order chi connectivity index (χ0) is 3.41. The van der Waals surface area contributed by atoms with E-state index in [-0.39, 0.29) is 9.26 Å². The fraction of sp³-hybridized carbons (Fsp3) is 0. The van der Waals surface area contributed by atoms with Crippen LogP contribution in [0.2, 0.25) is 0 Å². The fourth-order valence-electron chi connectivity index (χ4n) is 0. The average molecular weight is 70.8 g/mol. The number of hydrogen-bond acceptors (Lipinski definition) is 1. The Bertz CT molecular complexity index is 8.00. The third kappa shape index (κ3) is 2.31. The van der Waals surface area contributed by atoms with Crippen molar-refractivity contribution >= 4 is 23.7 Å². The van der Waals surface area contributed by atoms with Gasteiger partial charge in [0, 0.05) is 0 Å². The maximum atomic E-state index is 5.09. The van der Waals surface area contributed by atoms with Crippen molar-refractivity contribution < 1.29 is 0 Å². The molecule has 0 atom stereocenters. The molecular formula is H7B2NSi. The van der Waals surface area contributed by atoms with E-state index >= 15 is 0 Å². The predicted octanol–water partition coefficient (Wildman–Crippen LogP) is -3.07. The second-order valence-electron chi connectivity index (χ2n) is 0.789. The van der Waals surface area contributed by atoms with E-state index in [9.17, 15) is 0 Å². The molecule has 0 amide bonds. The summed E-state index contributed by atoms with van der Waals surface area (Å²) in [5, 5.41) is 0. The van der Waals surface area contributed by atoms with Crippen LogP contribution in [0.3, 0.4) is 0 Å². The van der Waals surface area contributed by atoms with Crippen molar-refractivity contribution in [1.82, 2.24) is 0 Å². The summed E-state index contributed by atoms with van der Waals surface area (Å²) >= 11 is 0. The molecule has 0 rings (SSSR count). The Morgan fingerprint density at radius 2 is 2.25 bits per heavy atom. The molecule has 0 aliphatic heterocycles. The molecule has 1 nitrogen and oxygen atoms in total. The molecule has 0 saturated carbocycles. The molecule has 0 aliphatic carbocycles. The van der Waals surface area contributed by atoms with E-state index < -0.39 is 0 Å². The molecule has 4 heteroatoms. The first-order chi connectivity index (χ1) is 1.91. The van der Waals surface area contributed by atoms with Crippen molar-refractivity contribution in [3.63, 3.8) is 0 Å². The molecule has 0 fully saturated rings. The van der Waals surface area contributed by atoms with Gasteiger partial charge in [-0.3, -0.25) is 0 Å². The lowest BCUT2D eigenvalue weighted by Crippen LogP contribution is -2.13. The molecule has 0 radical (unpaired) electrons. The SMILES string of the molecule is B[SiH2]BN. The van der Waals surface area contributed by atoms with Gasteiger partial charge in [-0.2, -0.15) is 0 Å². The van der Waals surface area contributed by atoms with Crippen molar-refractivity contribution in [2.24, 2.45) is 5.64 Å². The standard InChI is InChI=1S/B2H7NSi/c1-4-2-3/h2H,1,3-4H2. The Balaban J connectivity index is 1.97. The van der Waals surface area contributed by atoms with Gasteiger partial charge in [0.05, 0.1) is 7.44 Å². The Labute approximate surface area is 30.3 Å². The molecule has 0 spiro atoms. The van der Waals surface area contributed by atoms with Crippen molar-refractivity contribution in [2.75, 3.05) is 0 Å². The van der Waals surface area contributed by atoms with Gasteiger partial charge < -0.3 is 5.64 Å².